The maximum atomic E-state index is 11.8. The summed E-state index contributed by atoms with van der Waals surface area (Å²) in [5.74, 6) is 0.0279. The van der Waals surface area contributed by atoms with Crippen LogP contribution in [-0.2, 0) is 4.79 Å². The quantitative estimate of drug-likeness (QED) is 0.740. The summed E-state index contributed by atoms with van der Waals surface area (Å²) in [4.78, 5) is 11.8. The second-order valence-electron chi connectivity index (χ2n) is 5.44. The normalized spacial score (nSPS) is 23.9. The van der Waals surface area contributed by atoms with E-state index in [4.69, 9.17) is 0 Å². The number of carbonyl (C=O) groups excluding carboxylic acids is 1. The molecule has 3 heteroatoms. The average molecular weight is 237 g/mol. The highest BCUT2D eigenvalue weighted by Crippen LogP contribution is 2.26. The standard InChI is InChI=1S/C14H23NO2/c16-13(12-7-3-4-8-12)15-11-14(17)9-5-1-2-6-10-14/h7,17H,1-6,8-11H2,(H,15,16). The SMILES string of the molecule is O=C(NCC1(O)CCCCCC1)C1=CCCC1. The maximum absolute atomic E-state index is 11.8. The van der Waals surface area contributed by atoms with E-state index < -0.39 is 5.60 Å². The van der Waals surface area contributed by atoms with Crippen LogP contribution < -0.4 is 5.32 Å². The lowest BCUT2D eigenvalue weighted by Crippen LogP contribution is -2.42. The minimum Gasteiger partial charge on any atom is -0.388 e. The molecule has 0 bridgehead atoms. The van der Waals surface area contributed by atoms with Crippen LogP contribution in [0.5, 0.6) is 0 Å². The molecule has 96 valence electrons. The summed E-state index contributed by atoms with van der Waals surface area (Å²) >= 11 is 0. The fourth-order valence-electron chi connectivity index (χ4n) is 2.80. The van der Waals surface area contributed by atoms with Crippen molar-refractivity contribution in [2.75, 3.05) is 6.54 Å². The third-order valence-electron chi connectivity index (χ3n) is 3.94. The maximum Gasteiger partial charge on any atom is 0.246 e. The van der Waals surface area contributed by atoms with Crippen molar-refractivity contribution in [3.05, 3.63) is 11.6 Å². The lowest BCUT2D eigenvalue weighted by atomic mass is 9.94. The van der Waals surface area contributed by atoms with Crippen molar-refractivity contribution in [2.45, 2.75) is 63.4 Å². The number of hydrogen-bond donors (Lipinski definition) is 2. The second kappa shape index (κ2) is 5.67. The number of carbonyl (C=O) groups is 1. The zero-order valence-corrected chi connectivity index (χ0v) is 10.5. The Balaban J connectivity index is 1.81. The van der Waals surface area contributed by atoms with Crippen molar-refractivity contribution in [2.24, 2.45) is 0 Å². The first-order valence-corrected chi connectivity index (χ1v) is 6.89. The average Bonchev–Trinajstić information content (AvgIpc) is 2.77. The van der Waals surface area contributed by atoms with Crippen molar-refractivity contribution >= 4 is 5.91 Å². The summed E-state index contributed by atoms with van der Waals surface area (Å²) in [7, 11) is 0. The fourth-order valence-corrected chi connectivity index (χ4v) is 2.80. The molecule has 0 aromatic heterocycles. The number of hydrogen-bond acceptors (Lipinski definition) is 2. The Morgan fingerprint density at radius 2 is 1.94 bits per heavy atom. The summed E-state index contributed by atoms with van der Waals surface area (Å²) in [6, 6.07) is 0. The molecule has 1 amide bonds. The van der Waals surface area contributed by atoms with Crippen molar-refractivity contribution in [3.8, 4) is 0 Å². The molecule has 0 spiro atoms. The molecule has 17 heavy (non-hydrogen) atoms. The van der Waals surface area contributed by atoms with Gasteiger partial charge < -0.3 is 10.4 Å². The molecule has 0 aromatic rings. The number of amides is 1. The molecular formula is C14H23NO2. The van der Waals surface area contributed by atoms with Crippen molar-refractivity contribution in [3.63, 3.8) is 0 Å². The predicted molar refractivity (Wildman–Crippen MR) is 67.6 cm³/mol. The van der Waals surface area contributed by atoms with Gasteiger partial charge in [0.15, 0.2) is 0 Å². The predicted octanol–water partition coefficient (Wildman–Crippen LogP) is 2.30. The van der Waals surface area contributed by atoms with E-state index in [-0.39, 0.29) is 5.91 Å². The van der Waals surface area contributed by atoms with Gasteiger partial charge in [0.25, 0.3) is 0 Å². The van der Waals surface area contributed by atoms with Crippen LogP contribution in [0.2, 0.25) is 0 Å². The van der Waals surface area contributed by atoms with Gasteiger partial charge in [0.1, 0.15) is 0 Å². The lowest BCUT2D eigenvalue weighted by molar-refractivity contribution is -0.119. The van der Waals surface area contributed by atoms with Crippen LogP contribution in [-0.4, -0.2) is 23.2 Å². The number of allylic oxidation sites excluding steroid dienone is 1. The molecule has 2 aliphatic carbocycles. The van der Waals surface area contributed by atoms with Gasteiger partial charge in [0.05, 0.1) is 5.60 Å². The van der Waals surface area contributed by atoms with E-state index in [2.05, 4.69) is 5.32 Å². The summed E-state index contributed by atoms with van der Waals surface area (Å²) in [5.41, 5.74) is 0.243. The Bertz CT molecular complexity index is 301. The van der Waals surface area contributed by atoms with Gasteiger partial charge in [-0.05, 0) is 32.1 Å². The Hall–Kier alpha value is -0.830. The fraction of sp³-hybridized carbons (Fsp3) is 0.786. The van der Waals surface area contributed by atoms with E-state index in [0.29, 0.717) is 6.54 Å². The Kier molecular flexibility index (Phi) is 4.21. The Morgan fingerprint density at radius 1 is 1.24 bits per heavy atom. The van der Waals surface area contributed by atoms with Gasteiger partial charge in [-0.15, -0.1) is 0 Å². The summed E-state index contributed by atoms with van der Waals surface area (Å²) in [5, 5.41) is 13.3. The molecule has 0 unspecified atom stereocenters. The first-order valence-electron chi connectivity index (χ1n) is 6.89. The zero-order chi connectivity index (χ0) is 12.1. The molecule has 0 radical (unpaired) electrons. The van der Waals surface area contributed by atoms with Gasteiger partial charge >= 0.3 is 0 Å². The molecule has 2 aliphatic rings. The summed E-state index contributed by atoms with van der Waals surface area (Å²) in [6.45, 7) is 0.420. The van der Waals surface area contributed by atoms with E-state index in [0.717, 1.165) is 50.5 Å². The third-order valence-corrected chi connectivity index (χ3v) is 3.94. The molecule has 0 atom stereocenters. The van der Waals surface area contributed by atoms with Crippen LogP contribution in [0.15, 0.2) is 11.6 Å². The highest BCUT2D eigenvalue weighted by molar-refractivity contribution is 5.93. The number of nitrogens with one attached hydrogen (secondary N) is 1. The van der Waals surface area contributed by atoms with E-state index in [1.807, 2.05) is 6.08 Å². The Labute approximate surface area is 103 Å². The third kappa shape index (κ3) is 3.56. The smallest absolute Gasteiger partial charge is 0.246 e. The summed E-state index contributed by atoms with van der Waals surface area (Å²) in [6.07, 6.45) is 11.3. The minimum atomic E-state index is -0.661. The van der Waals surface area contributed by atoms with E-state index >= 15 is 0 Å². The largest absolute Gasteiger partial charge is 0.388 e. The molecular weight excluding hydrogens is 214 g/mol. The van der Waals surface area contributed by atoms with Gasteiger partial charge in [-0.1, -0.05) is 31.8 Å². The van der Waals surface area contributed by atoms with Gasteiger partial charge in [-0.2, -0.15) is 0 Å². The van der Waals surface area contributed by atoms with Crippen LogP contribution >= 0.6 is 0 Å². The van der Waals surface area contributed by atoms with E-state index in [1.54, 1.807) is 0 Å². The molecule has 0 heterocycles. The Morgan fingerprint density at radius 3 is 2.53 bits per heavy atom. The van der Waals surface area contributed by atoms with Crippen LogP contribution in [0.25, 0.3) is 0 Å². The van der Waals surface area contributed by atoms with Crippen molar-refractivity contribution in [1.29, 1.82) is 0 Å². The summed E-state index contributed by atoms with van der Waals surface area (Å²) < 4.78 is 0. The second-order valence-corrected chi connectivity index (χ2v) is 5.44. The van der Waals surface area contributed by atoms with Crippen LogP contribution in [0.4, 0.5) is 0 Å². The van der Waals surface area contributed by atoms with Crippen LogP contribution in [0, 0.1) is 0 Å². The molecule has 3 nitrogen and oxygen atoms in total. The van der Waals surface area contributed by atoms with Gasteiger partial charge in [-0.3, -0.25) is 4.79 Å². The van der Waals surface area contributed by atoms with E-state index in [9.17, 15) is 9.90 Å². The minimum absolute atomic E-state index is 0.0279. The van der Waals surface area contributed by atoms with E-state index in [1.165, 1.54) is 12.8 Å². The molecule has 2 N–H and O–H groups in total. The zero-order valence-electron chi connectivity index (χ0n) is 10.5. The first-order chi connectivity index (χ1) is 8.20. The van der Waals surface area contributed by atoms with Gasteiger partial charge in [0, 0.05) is 12.1 Å². The molecule has 0 aliphatic heterocycles. The highest BCUT2D eigenvalue weighted by atomic mass is 16.3. The number of aliphatic hydroxyl groups is 1. The molecule has 1 fully saturated rings. The molecule has 0 saturated heterocycles. The highest BCUT2D eigenvalue weighted by Gasteiger charge is 2.28. The van der Waals surface area contributed by atoms with Gasteiger partial charge in [-0.25, -0.2) is 0 Å². The molecule has 0 aromatic carbocycles. The monoisotopic (exact) mass is 237 g/mol. The van der Waals surface area contributed by atoms with Crippen molar-refractivity contribution in [1.82, 2.24) is 5.32 Å². The first kappa shape index (κ1) is 12.6. The molecule has 2 rings (SSSR count). The van der Waals surface area contributed by atoms with Crippen molar-refractivity contribution < 1.29 is 9.90 Å². The molecule has 1 saturated carbocycles. The van der Waals surface area contributed by atoms with Crippen LogP contribution in [0.1, 0.15) is 57.8 Å². The lowest BCUT2D eigenvalue weighted by Gasteiger charge is -2.26. The van der Waals surface area contributed by atoms with Gasteiger partial charge in [0.2, 0.25) is 5.91 Å². The number of rotatable bonds is 3. The topological polar surface area (TPSA) is 49.3 Å². The van der Waals surface area contributed by atoms with Crippen LogP contribution in [0.3, 0.4) is 0 Å².